The molecule has 5 nitrogen and oxygen atoms in total. The van der Waals surface area contributed by atoms with Crippen molar-refractivity contribution in [3.8, 4) is 0 Å². The van der Waals surface area contributed by atoms with Crippen molar-refractivity contribution in [2.24, 2.45) is 5.73 Å². The molecule has 0 saturated carbocycles. The standard InChI is InChI=1S/C6H9N3O2S/c1-12(10,11)6-8-3-2-5(4-7)9-6/h2-3H,4,7H2,1H3. The molecular weight excluding hydrogens is 178 g/mol. The highest BCUT2D eigenvalue weighted by molar-refractivity contribution is 7.90. The Bertz CT molecular complexity index is 374. The molecule has 1 heterocycles. The summed E-state index contributed by atoms with van der Waals surface area (Å²) in [4.78, 5) is 7.34. The summed E-state index contributed by atoms with van der Waals surface area (Å²) in [7, 11) is -3.31. The molecule has 12 heavy (non-hydrogen) atoms. The van der Waals surface area contributed by atoms with Crippen molar-refractivity contribution in [1.82, 2.24) is 9.97 Å². The maximum atomic E-state index is 10.9. The zero-order chi connectivity index (χ0) is 9.19. The Kier molecular flexibility index (Phi) is 2.39. The van der Waals surface area contributed by atoms with Gasteiger partial charge in [-0.3, -0.25) is 0 Å². The van der Waals surface area contributed by atoms with Crippen LogP contribution in [0.4, 0.5) is 0 Å². The van der Waals surface area contributed by atoms with Crippen LogP contribution in [0.2, 0.25) is 0 Å². The Morgan fingerprint density at radius 2 is 2.25 bits per heavy atom. The molecule has 0 spiro atoms. The van der Waals surface area contributed by atoms with E-state index in [1.165, 1.54) is 6.20 Å². The quantitative estimate of drug-likeness (QED) is 0.621. The molecule has 1 rings (SSSR count). The molecule has 66 valence electrons. The van der Waals surface area contributed by atoms with Gasteiger partial charge in [-0.05, 0) is 6.07 Å². The molecule has 0 atom stereocenters. The summed E-state index contributed by atoms with van der Waals surface area (Å²) >= 11 is 0. The molecule has 1 aromatic rings. The van der Waals surface area contributed by atoms with E-state index < -0.39 is 9.84 Å². The second-order valence-corrected chi connectivity index (χ2v) is 4.22. The smallest absolute Gasteiger partial charge is 0.247 e. The van der Waals surface area contributed by atoms with Crippen LogP contribution in [0.3, 0.4) is 0 Å². The van der Waals surface area contributed by atoms with Crippen molar-refractivity contribution in [2.45, 2.75) is 11.7 Å². The second kappa shape index (κ2) is 3.16. The molecule has 6 heteroatoms. The molecule has 0 aliphatic rings. The van der Waals surface area contributed by atoms with Crippen LogP contribution >= 0.6 is 0 Å². The molecule has 2 N–H and O–H groups in total. The highest BCUT2D eigenvalue weighted by atomic mass is 32.2. The molecule has 0 saturated heterocycles. The number of hydrogen-bond acceptors (Lipinski definition) is 5. The van der Waals surface area contributed by atoms with Gasteiger partial charge in [0, 0.05) is 19.0 Å². The van der Waals surface area contributed by atoms with E-state index in [2.05, 4.69) is 9.97 Å². The first-order valence-electron chi connectivity index (χ1n) is 3.26. The first-order valence-corrected chi connectivity index (χ1v) is 5.15. The van der Waals surface area contributed by atoms with E-state index in [4.69, 9.17) is 5.73 Å². The Morgan fingerprint density at radius 1 is 1.58 bits per heavy atom. The average molecular weight is 187 g/mol. The van der Waals surface area contributed by atoms with Gasteiger partial charge in [-0.15, -0.1) is 0 Å². The molecule has 0 radical (unpaired) electrons. The van der Waals surface area contributed by atoms with Gasteiger partial charge in [0.15, 0.2) is 0 Å². The zero-order valence-corrected chi connectivity index (χ0v) is 7.37. The predicted molar refractivity (Wildman–Crippen MR) is 43.0 cm³/mol. The summed E-state index contributed by atoms with van der Waals surface area (Å²) in [6.07, 6.45) is 2.44. The van der Waals surface area contributed by atoms with Crippen molar-refractivity contribution in [3.05, 3.63) is 18.0 Å². The van der Waals surface area contributed by atoms with Gasteiger partial charge in [0.1, 0.15) is 0 Å². The van der Waals surface area contributed by atoms with Gasteiger partial charge in [0.25, 0.3) is 0 Å². The van der Waals surface area contributed by atoms with Crippen LogP contribution < -0.4 is 5.73 Å². The van der Waals surface area contributed by atoms with E-state index in [9.17, 15) is 8.42 Å². The van der Waals surface area contributed by atoms with Crippen LogP contribution in [0, 0.1) is 0 Å². The van der Waals surface area contributed by atoms with E-state index in [0.717, 1.165) is 6.26 Å². The maximum absolute atomic E-state index is 10.9. The Labute approximate surface area is 70.6 Å². The number of aromatic nitrogens is 2. The van der Waals surface area contributed by atoms with Crippen molar-refractivity contribution in [2.75, 3.05) is 6.26 Å². The summed E-state index contributed by atoms with van der Waals surface area (Å²) < 4.78 is 21.9. The third kappa shape index (κ3) is 1.99. The first kappa shape index (κ1) is 9.08. The summed E-state index contributed by atoms with van der Waals surface area (Å²) in [6, 6.07) is 1.58. The van der Waals surface area contributed by atoms with Crippen LogP contribution in [0.15, 0.2) is 17.4 Å². The van der Waals surface area contributed by atoms with Gasteiger partial charge in [-0.2, -0.15) is 0 Å². The van der Waals surface area contributed by atoms with Crippen LogP contribution in [0.25, 0.3) is 0 Å². The van der Waals surface area contributed by atoms with E-state index in [1.54, 1.807) is 6.07 Å². The lowest BCUT2D eigenvalue weighted by Crippen LogP contribution is -2.07. The monoisotopic (exact) mass is 187 g/mol. The maximum Gasteiger partial charge on any atom is 0.247 e. The van der Waals surface area contributed by atoms with Crippen LogP contribution in [-0.4, -0.2) is 24.6 Å². The van der Waals surface area contributed by atoms with Crippen molar-refractivity contribution in [1.29, 1.82) is 0 Å². The largest absolute Gasteiger partial charge is 0.325 e. The van der Waals surface area contributed by atoms with Gasteiger partial charge < -0.3 is 5.73 Å². The first-order chi connectivity index (χ1) is 5.54. The number of hydrogen-bond donors (Lipinski definition) is 1. The van der Waals surface area contributed by atoms with E-state index >= 15 is 0 Å². The second-order valence-electron chi connectivity index (χ2n) is 2.31. The van der Waals surface area contributed by atoms with Crippen molar-refractivity contribution < 1.29 is 8.42 Å². The van der Waals surface area contributed by atoms with Gasteiger partial charge >= 0.3 is 0 Å². The van der Waals surface area contributed by atoms with E-state index in [0.29, 0.717) is 5.69 Å². The van der Waals surface area contributed by atoms with Crippen molar-refractivity contribution >= 4 is 9.84 Å². The number of nitrogens with zero attached hydrogens (tertiary/aromatic N) is 2. The fraction of sp³-hybridized carbons (Fsp3) is 0.333. The summed E-state index contributed by atoms with van der Waals surface area (Å²) in [5.74, 6) is 0. The van der Waals surface area contributed by atoms with E-state index in [-0.39, 0.29) is 11.7 Å². The summed E-state index contributed by atoms with van der Waals surface area (Å²) in [5.41, 5.74) is 5.80. The van der Waals surface area contributed by atoms with Gasteiger partial charge in [0.05, 0.1) is 5.69 Å². The normalized spacial score (nSPS) is 11.5. The third-order valence-corrected chi connectivity index (χ3v) is 2.09. The molecule has 0 aliphatic carbocycles. The molecule has 0 bridgehead atoms. The fourth-order valence-electron chi connectivity index (χ4n) is 0.668. The SMILES string of the molecule is CS(=O)(=O)c1nccc(CN)n1. The predicted octanol–water partition coefficient (Wildman–Crippen LogP) is -0.661. The van der Waals surface area contributed by atoms with Crippen molar-refractivity contribution in [3.63, 3.8) is 0 Å². The minimum Gasteiger partial charge on any atom is -0.325 e. The lowest BCUT2D eigenvalue weighted by atomic mass is 10.4. The summed E-state index contributed by atoms with van der Waals surface area (Å²) in [5, 5.41) is -0.176. The van der Waals surface area contributed by atoms with E-state index in [1.807, 2.05) is 0 Å². The number of nitrogens with two attached hydrogens (primary N) is 1. The minimum atomic E-state index is -3.31. The molecular formula is C6H9N3O2S. The molecule has 0 amide bonds. The minimum absolute atomic E-state index is 0.176. The number of sulfone groups is 1. The average Bonchev–Trinajstić information content (AvgIpc) is 2.03. The van der Waals surface area contributed by atoms with Gasteiger partial charge in [-0.1, -0.05) is 0 Å². The topological polar surface area (TPSA) is 85.9 Å². The van der Waals surface area contributed by atoms with Crippen LogP contribution in [-0.2, 0) is 16.4 Å². The molecule has 0 unspecified atom stereocenters. The Hall–Kier alpha value is -1.01. The Morgan fingerprint density at radius 3 is 2.75 bits per heavy atom. The fourth-order valence-corrected chi connectivity index (χ4v) is 1.20. The van der Waals surface area contributed by atoms with Crippen LogP contribution in [0.5, 0.6) is 0 Å². The molecule has 1 aromatic heterocycles. The zero-order valence-electron chi connectivity index (χ0n) is 6.56. The molecule has 0 aliphatic heterocycles. The highest BCUT2D eigenvalue weighted by Crippen LogP contribution is 2.00. The summed E-state index contributed by atoms with van der Waals surface area (Å²) in [6.45, 7) is 0.213. The molecule has 0 fully saturated rings. The Balaban J connectivity index is 3.20. The third-order valence-electron chi connectivity index (χ3n) is 1.23. The van der Waals surface area contributed by atoms with Crippen LogP contribution in [0.1, 0.15) is 5.69 Å². The van der Waals surface area contributed by atoms with Gasteiger partial charge in [0.2, 0.25) is 15.0 Å². The lowest BCUT2D eigenvalue weighted by Gasteiger charge is -1.97. The van der Waals surface area contributed by atoms with Gasteiger partial charge in [-0.25, -0.2) is 18.4 Å². The number of rotatable bonds is 2. The highest BCUT2D eigenvalue weighted by Gasteiger charge is 2.10. The molecule has 0 aromatic carbocycles. The lowest BCUT2D eigenvalue weighted by molar-refractivity contribution is 0.591.